The van der Waals surface area contributed by atoms with Gasteiger partial charge in [0.25, 0.3) is 0 Å². The number of nitrogens with one attached hydrogen (secondary N) is 1. The number of hydrogen-bond donors (Lipinski definition) is 4. The Morgan fingerprint density at radius 2 is 1.93 bits per heavy atom. The lowest BCUT2D eigenvalue weighted by molar-refractivity contribution is -0.138. The zero-order valence-electron chi connectivity index (χ0n) is 22.5. The first-order chi connectivity index (χ1) is 19.4. The van der Waals surface area contributed by atoms with Crippen molar-refractivity contribution >= 4 is 11.8 Å². The number of methoxy groups -OCH3 is 1. The van der Waals surface area contributed by atoms with Gasteiger partial charge in [0.15, 0.2) is 23.0 Å². The molecule has 0 bridgehead atoms. The second-order valence-electron chi connectivity index (χ2n) is 9.98. The number of carbonyl (C=O) groups excluding carboxylic acids is 2. The number of ether oxygens (including phenoxy) is 4. The molecule has 0 saturated carbocycles. The number of amides is 2. The predicted molar refractivity (Wildman–Crippen MR) is 142 cm³/mol. The van der Waals surface area contributed by atoms with Gasteiger partial charge in [-0.3, -0.25) is 9.59 Å². The molecule has 3 aliphatic rings. The topological polar surface area (TPSA) is 147 Å². The summed E-state index contributed by atoms with van der Waals surface area (Å²) in [5.74, 6) is 0.611. The molecule has 11 heteroatoms. The van der Waals surface area contributed by atoms with Crippen LogP contribution < -0.4 is 24.3 Å². The lowest BCUT2D eigenvalue weighted by Crippen LogP contribution is -2.55. The molecular formula is C29H34N2O9. The third kappa shape index (κ3) is 5.07. The summed E-state index contributed by atoms with van der Waals surface area (Å²) in [6.45, 7) is 1.70. The van der Waals surface area contributed by atoms with Crippen LogP contribution in [0.4, 0.5) is 0 Å². The first kappa shape index (κ1) is 27.8. The third-order valence-electron chi connectivity index (χ3n) is 7.43. The van der Waals surface area contributed by atoms with Gasteiger partial charge in [-0.15, -0.1) is 0 Å². The van der Waals surface area contributed by atoms with Crippen LogP contribution in [-0.2, 0) is 22.7 Å². The van der Waals surface area contributed by atoms with Crippen LogP contribution in [0.5, 0.6) is 23.0 Å². The summed E-state index contributed by atoms with van der Waals surface area (Å²) in [6.07, 6.45) is 0.369. The molecule has 1 aliphatic carbocycles. The fourth-order valence-electron chi connectivity index (χ4n) is 5.57. The minimum atomic E-state index is -1.19. The molecule has 0 saturated heterocycles. The third-order valence-corrected chi connectivity index (χ3v) is 7.43. The van der Waals surface area contributed by atoms with Gasteiger partial charge in [0, 0.05) is 30.6 Å². The van der Waals surface area contributed by atoms with E-state index in [9.17, 15) is 24.9 Å². The first-order valence-electron chi connectivity index (χ1n) is 13.3. The molecule has 40 heavy (non-hydrogen) atoms. The van der Waals surface area contributed by atoms with E-state index in [-0.39, 0.29) is 45.4 Å². The van der Waals surface area contributed by atoms with Crippen molar-refractivity contribution in [3.63, 3.8) is 0 Å². The summed E-state index contributed by atoms with van der Waals surface area (Å²) < 4.78 is 22.7. The van der Waals surface area contributed by atoms with Gasteiger partial charge >= 0.3 is 0 Å². The number of carbonyl (C=O) groups is 2. The van der Waals surface area contributed by atoms with E-state index >= 15 is 0 Å². The monoisotopic (exact) mass is 554 g/mol. The number of fused-ring (bicyclic) bond motifs is 4. The maximum Gasteiger partial charge on any atom is 0.247 e. The van der Waals surface area contributed by atoms with E-state index in [4.69, 9.17) is 18.9 Å². The summed E-state index contributed by atoms with van der Waals surface area (Å²) in [4.78, 5) is 28.5. The molecule has 11 nitrogen and oxygen atoms in total. The lowest BCUT2D eigenvalue weighted by Gasteiger charge is -2.40. The standard InChI is InChI=1S/C29H34N2O9/c1-3-4-24(34)31(13-16-5-6-21-22(10-16)39-15-38-21)20-12-19(29(36)30-7-8-32)25-18-9-17(14-33)11-23(37-2)27(18)40-28(25)26(20)35/h5-6,9-12,20,25-26,28,32-33,35H,3-4,7-8,13-15H2,1-2H3,(H,30,36)/t20-,25+,26+,28+/m1/s1. The highest BCUT2D eigenvalue weighted by molar-refractivity contribution is 5.96. The van der Waals surface area contributed by atoms with Crippen LogP contribution in [0, 0.1) is 0 Å². The van der Waals surface area contributed by atoms with Gasteiger partial charge in [-0.25, -0.2) is 0 Å². The van der Waals surface area contributed by atoms with Crippen molar-refractivity contribution in [1.82, 2.24) is 10.2 Å². The molecule has 4 N–H and O–H groups in total. The van der Waals surface area contributed by atoms with Gasteiger partial charge in [-0.1, -0.05) is 13.0 Å². The number of benzene rings is 2. The number of aliphatic hydroxyl groups is 3. The Balaban J connectivity index is 1.57. The smallest absolute Gasteiger partial charge is 0.247 e. The van der Waals surface area contributed by atoms with Gasteiger partial charge in [0.05, 0.1) is 32.3 Å². The van der Waals surface area contributed by atoms with Crippen molar-refractivity contribution in [2.75, 3.05) is 27.1 Å². The van der Waals surface area contributed by atoms with Crippen molar-refractivity contribution in [2.45, 2.75) is 57.1 Å². The molecule has 0 unspecified atom stereocenters. The summed E-state index contributed by atoms with van der Waals surface area (Å²) in [7, 11) is 1.47. The molecule has 214 valence electrons. The van der Waals surface area contributed by atoms with Crippen LogP contribution in [0.25, 0.3) is 0 Å². The first-order valence-corrected chi connectivity index (χ1v) is 13.3. The highest BCUT2D eigenvalue weighted by atomic mass is 16.7. The van der Waals surface area contributed by atoms with Crippen LogP contribution in [0.2, 0.25) is 0 Å². The predicted octanol–water partition coefficient (Wildman–Crippen LogP) is 1.37. The molecule has 2 aliphatic heterocycles. The molecule has 2 amide bonds. The van der Waals surface area contributed by atoms with E-state index in [0.717, 1.165) is 5.56 Å². The summed E-state index contributed by atoms with van der Waals surface area (Å²) >= 11 is 0. The van der Waals surface area contributed by atoms with E-state index in [0.29, 0.717) is 46.1 Å². The van der Waals surface area contributed by atoms with E-state index in [2.05, 4.69) is 5.32 Å². The van der Waals surface area contributed by atoms with Gasteiger partial charge in [-0.2, -0.15) is 0 Å². The van der Waals surface area contributed by atoms with E-state index < -0.39 is 30.1 Å². The van der Waals surface area contributed by atoms with E-state index in [1.165, 1.54) is 7.11 Å². The average Bonchev–Trinajstić information content (AvgIpc) is 3.59. The highest BCUT2D eigenvalue weighted by Gasteiger charge is 2.51. The minimum Gasteiger partial charge on any atom is -0.493 e. The molecule has 0 radical (unpaired) electrons. The number of rotatable bonds is 10. The van der Waals surface area contributed by atoms with E-state index in [1.54, 1.807) is 35.2 Å². The normalized spacial score (nSPS) is 22.1. The maximum atomic E-state index is 13.5. The van der Waals surface area contributed by atoms with Crippen LogP contribution in [0.3, 0.4) is 0 Å². The average molecular weight is 555 g/mol. The Bertz CT molecular complexity index is 1310. The number of hydrogen-bond acceptors (Lipinski definition) is 9. The fraction of sp³-hybridized carbons (Fsp3) is 0.448. The van der Waals surface area contributed by atoms with Gasteiger partial charge in [0.2, 0.25) is 18.6 Å². The minimum absolute atomic E-state index is 0.0319. The summed E-state index contributed by atoms with van der Waals surface area (Å²) in [5.41, 5.74) is 2.23. The van der Waals surface area contributed by atoms with Gasteiger partial charge in [-0.05, 0) is 47.9 Å². The van der Waals surface area contributed by atoms with E-state index in [1.807, 2.05) is 13.0 Å². The van der Waals surface area contributed by atoms with Gasteiger partial charge in [0.1, 0.15) is 12.2 Å². The highest BCUT2D eigenvalue weighted by Crippen LogP contribution is 2.51. The largest absolute Gasteiger partial charge is 0.493 e. The fourth-order valence-corrected chi connectivity index (χ4v) is 5.57. The molecule has 0 spiro atoms. The van der Waals surface area contributed by atoms with Crippen LogP contribution >= 0.6 is 0 Å². The second-order valence-corrected chi connectivity index (χ2v) is 9.98. The Morgan fingerprint density at radius 3 is 2.65 bits per heavy atom. The molecule has 0 fully saturated rings. The maximum absolute atomic E-state index is 13.5. The number of aliphatic hydroxyl groups excluding tert-OH is 3. The van der Waals surface area contributed by atoms with Crippen molar-refractivity contribution in [2.24, 2.45) is 0 Å². The molecule has 0 aromatic heterocycles. The zero-order valence-corrected chi connectivity index (χ0v) is 22.5. The summed E-state index contributed by atoms with van der Waals surface area (Å²) in [5, 5.41) is 33.6. The molecule has 4 atom stereocenters. The molecule has 5 rings (SSSR count). The van der Waals surface area contributed by atoms with Crippen LogP contribution in [-0.4, -0.2) is 77.3 Å². The van der Waals surface area contributed by atoms with Crippen molar-refractivity contribution in [1.29, 1.82) is 0 Å². The molecule has 2 aromatic carbocycles. The van der Waals surface area contributed by atoms with Crippen LogP contribution in [0.1, 0.15) is 42.4 Å². The van der Waals surface area contributed by atoms with Crippen molar-refractivity contribution < 1.29 is 43.9 Å². The summed E-state index contributed by atoms with van der Waals surface area (Å²) in [6, 6.07) is 7.90. The molecule has 2 aromatic rings. The van der Waals surface area contributed by atoms with Crippen molar-refractivity contribution in [3.05, 3.63) is 58.7 Å². The quantitative estimate of drug-likeness (QED) is 0.342. The lowest BCUT2D eigenvalue weighted by atomic mass is 9.77. The zero-order chi connectivity index (χ0) is 28.4. The molecule has 2 heterocycles. The van der Waals surface area contributed by atoms with Gasteiger partial charge < -0.3 is 44.5 Å². The Kier molecular flexibility index (Phi) is 8.15. The Labute approximate surface area is 231 Å². The van der Waals surface area contributed by atoms with Crippen molar-refractivity contribution in [3.8, 4) is 23.0 Å². The molecular weight excluding hydrogens is 520 g/mol. The Morgan fingerprint density at radius 1 is 1.12 bits per heavy atom. The SMILES string of the molecule is CCCC(=O)N(Cc1ccc2c(c1)OCO2)[C@@H]1C=C(C(=O)NCCO)[C@@H]2c3cc(CO)cc(OC)c3O[C@@H]2[C@H]1O. The second kappa shape index (κ2) is 11.7. The van der Waals surface area contributed by atoms with Crippen LogP contribution in [0.15, 0.2) is 42.0 Å². The Hall–Kier alpha value is -3.80. The number of nitrogens with zero attached hydrogens (tertiary/aromatic N) is 1.